The van der Waals surface area contributed by atoms with Gasteiger partial charge in [-0.1, -0.05) is 182 Å². The normalized spacial score (nSPS) is 11.6. The number of quaternary nitrogens is 3. The number of benzene rings is 7. The van der Waals surface area contributed by atoms with E-state index in [0.717, 1.165) is 13.4 Å². The Kier molecular flexibility index (Phi) is 18.7. The van der Waals surface area contributed by atoms with Crippen LogP contribution in [0.4, 0.5) is 0 Å². The predicted molar refractivity (Wildman–Crippen MR) is 261 cm³/mol. The van der Waals surface area contributed by atoms with E-state index in [-0.39, 0.29) is 0 Å². The van der Waals surface area contributed by atoms with Gasteiger partial charge in [-0.05, 0) is 29.3 Å². The molecule has 0 fully saturated rings. The Bertz CT molecular complexity index is 2330. The van der Waals surface area contributed by atoms with Gasteiger partial charge < -0.3 is 37.8 Å². The van der Waals surface area contributed by atoms with Crippen LogP contribution in [0.1, 0.15) is 72.2 Å². The Morgan fingerprint density at radius 3 is 0.672 bits per heavy atom. The summed E-state index contributed by atoms with van der Waals surface area (Å²) < 4.78 is 34.5. The lowest BCUT2D eigenvalue weighted by Crippen LogP contribution is -2.39. The average Bonchev–Trinajstić information content (AvgIpc) is 3.27. The fourth-order valence-electron chi connectivity index (χ4n) is 8.05. The monoisotopic (exact) mass is 921 g/mol. The van der Waals surface area contributed by atoms with E-state index < -0.39 is 38.1 Å². The van der Waals surface area contributed by atoms with Crippen molar-refractivity contribution in [2.24, 2.45) is 0 Å². The van der Waals surface area contributed by atoms with E-state index in [1.54, 1.807) is 0 Å². The number of carbonyl (C=O) groups excluding carboxylic acids is 2. The number of hydrogen-bond donors (Lipinski definition) is 0. The minimum atomic E-state index is -4.95. The summed E-state index contributed by atoms with van der Waals surface area (Å²) in [5, 5.41) is 20.9. The van der Waals surface area contributed by atoms with Gasteiger partial charge in [-0.3, -0.25) is 0 Å². The molecule has 0 N–H and O–H groups in total. The van der Waals surface area contributed by atoms with E-state index in [0.29, 0.717) is 36.3 Å². The van der Waals surface area contributed by atoms with Crippen molar-refractivity contribution in [2.75, 3.05) is 63.4 Å². The van der Waals surface area contributed by atoms with Gasteiger partial charge in [-0.25, -0.2) is 8.42 Å². The molecule has 0 spiro atoms. The van der Waals surface area contributed by atoms with Crippen LogP contribution in [0.2, 0.25) is 0 Å². The van der Waals surface area contributed by atoms with Crippen molar-refractivity contribution in [3.05, 3.63) is 245 Å². The molecule has 0 aliphatic rings. The van der Waals surface area contributed by atoms with Crippen molar-refractivity contribution in [1.82, 2.24) is 0 Å². The first-order valence-corrected chi connectivity index (χ1v) is 23.2. The number of aromatic carboxylic acids is 2. The highest BCUT2D eigenvalue weighted by atomic mass is 32.2. The number of carbonyl (C=O) groups is 2. The first-order valence-electron chi connectivity index (χ1n) is 21.7. The molecule has 0 aliphatic heterocycles. The lowest BCUT2D eigenvalue weighted by molar-refractivity contribution is -0.896. The predicted octanol–water partition coefficient (Wildman–Crippen LogP) is 7.76. The quantitative estimate of drug-likeness (QED) is 0.0903. The molecule has 0 amide bonds. The maximum Gasteiger partial charge on any atom is 0.140 e. The van der Waals surface area contributed by atoms with Gasteiger partial charge in [-0.2, -0.15) is 0 Å². The van der Waals surface area contributed by atoms with E-state index >= 15 is 0 Å². The highest BCUT2D eigenvalue weighted by Gasteiger charge is 2.29. The molecule has 10 nitrogen and oxygen atoms in total. The molecule has 7 aromatic rings. The van der Waals surface area contributed by atoms with E-state index in [9.17, 15) is 32.8 Å². The summed E-state index contributed by atoms with van der Waals surface area (Å²) in [6, 6.07) is 67.1. The van der Waals surface area contributed by atoms with Gasteiger partial charge in [0.15, 0.2) is 0 Å². The minimum Gasteiger partial charge on any atom is -0.744 e. The Labute approximate surface area is 397 Å². The molecule has 0 radical (unpaired) electrons. The Hall–Kier alpha value is -6.73. The number of carboxylic acids is 2. The molecule has 7 aromatic carbocycles. The van der Waals surface area contributed by atoms with Gasteiger partial charge in [-0.15, -0.1) is 0 Å². The van der Waals surface area contributed by atoms with Crippen molar-refractivity contribution in [1.29, 1.82) is 0 Å². The molecule has 0 saturated heterocycles. The number of nitrogens with zero attached hydrogens (tertiary/aromatic N) is 3. The van der Waals surface area contributed by atoms with Crippen LogP contribution in [0.25, 0.3) is 0 Å². The number of carboxylic acid groups (broad SMARTS) is 2. The second-order valence-electron chi connectivity index (χ2n) is 18.8. The van der Waals surface area contributed by atoms with Crippen molar-refractivity contribution < 1.29 is 46.2 Å². The highest BCUT2D eigenvalue weighted by molar-refractivity contribution is 7.85. The van der Waals surface area contributed by atoms with Gasteiger partial charge >= 0.3 is 0 Å². The van der Waals surface area contributed by atoms with E-state index in [4.69, 9.17) is 0 Å². The van der Waals surface area contributed by atoms with Crippen LogP contribution in [0.5, 0.6) is 0 Å². The average molecular weight is 922 g/mol. The SMILES string of the molecule is C[N+](C)(C)C(c1ccccc1)c1ccccc1.C[N+](C)(C)C(c1ccccc1)c1ccccc1.C[N+](C)(C)C(c1ccccc1)c1ccccc1.O=C([O-])c1cc(C(=O)[O-])cc(S(=O)(=O)[O-])c1. The largest absolute Gasteiger partial charge is 0.744 e. The van der Waals surface area contributed by atoms with Crippen molar-refractivity contribution in [3.63, 3.8) is 0 Å². The summed E-state index contributed by atoms with van der Waals surface area (Å²) in [6.45, 7) is 0. The van der Waals surface area contributed by atoms with Crippen molar-refractivity contribution >= 4 is 22.1 Å². The molecule has 0 aromatic heterocycles. The Morgan fingerprint density at radius 1 is 0.358 bits per heavy atom. The van der Waals surface area contributed by atoms with Crippen LogP contribution in [0.15, 0.2) is 205 Å². The molecule has 0 saturated carbocycles. The van der Waals surface area contributed by atoms with E-state index in [1.807, 2.05) is 0 Å². The van der Waals surface area contributed by atoms with Crippen LogP contribution in [0.3, 0.4) is 0 Å². The Morgan fingerprint density at radius 2 is 0.537 bits per heavy atom. The van der Waals surface area contributed by atoms with Gasteiger partial charge in [0.1, 0.15) is 28.2 Å². The van der Waals surface area contributed by atoms with E-state index in [2.05, 4.69) is 245 Å². The molecule has 7 rings (SSSR count). The number of rotatable bonds is 12. The zero-order valence-corrected chi connectivity index (χ0v) is 40.7. The lowest BCUT2D eigenvalue weighted by Gasteiger charge is -2.34. The highest BCUT2D eigenvalue weighted by Crippen LogP contribution is 2.32. The van der Waals surface area contributed by atoms with Crippen LogP contribution in [0, 0.1) is 0 Å². The van der Waals surface area contributed by atoms with Crippen LogP contribution in [-0.2, 0) is 10.1 Å². The molecule has 0 atom stereocenters. The molecular weight excluding hydrogens is 859 g/mol. The second kappa shape index (κ2) is 23.6. The second-order valence-corrected chi connectivity index (χ2v) is 20.2. The molecule has 0 bridgehead atoms. The minimum absolute atomic E-state index is 0.386. The zero-order valence-electron chi connectivity index (χ0n) is 39.9. The molecule has 11 heteroatoms. The van der Waals surface area contributed by atoms with Crippen molar-refractivity contribution in [2.45, 2.75) is 23.0 Å². The number of hydrogen-bond acceptors (Lipinski definition) is 7. The maximum atomic E-state index is 10.6. The smallest absolute Gasteiger partial charge is 0.140 e. The summed E-state index contributed by atoms with van der Waals surface area (Å²) in [7, 11) is 15.2. The molecule has 350 valence electrons. The van der Waals surface area contributed by atoms with Crippen molar-refractivity contribution in [3.8, 4) is 0 Å². The molecule has 0 aliphatic carbocycles. The first kappa shape index (κ1) is 52.9. The lowest BCUT2D eigenvalue weighted by atomic mass is 9.96. The van der Waals surface area contributed by atoms with Crippen LogP contribution in [-0.4, -0.2) is 102 Å². The third-order valence-corrected chi connectivity index (χ3v) is 11.5. The third kappa shape index (κ3) is 16.3. The third-order valence-electron chi connectivity index (χ3n) is 10.7. The van der Waals surface area contributed by atoms with Crippen LogP contribution < -0.4 is 10.2 Å². The first-order chi connectivity index (χ1) is 31.5. The molecule has 67 heavy (non-hydrogen) atoms. The summed E-state index contributed by atoms with van der Waals surface area (Å²) in [4.78, 5) is 19.9. The van der Waals surface area contributed by atoms with Gasteiger partial charge in [0.05, 0.1) is 80.3 Å². The van der Waals surface area contributed by atoms with E-state index in [1.165, 1.54) is 33.4 Å². The molecule has 0 heterocycles. The topological polar surface area (TPSA) is 137 Å². The van der Waals surface area contributed by atoms with Gasteiger partial charge in [0.25, 0.3) is 0 Å². The van der Waals surface area contributed by atoms with Crippen LogP contribution >= 0.6 is 0 Å². The standard InChI is InChI=1S/3C16H20N.C8H6O7S/c3*1-17(2,3)16(14-10-6-4-7-11-14)15-12-8-5-9-13-15;9-7(10)4-1-5(8(11)12)3-6(2-4)16(13,14)15/h3*4-13,16H,1-3H3;1-3H,(H,9,10)(H,11,12)(H,13,14,15)/q3*+1;/p-3. The van der Waals surface area contributed by atoms with Gasteiger partial charge in [0.2, 0.25) is 0 Å². The fraction of sp³-hybridized carbons (Fsp3) is 0.214. The summed E-state index contributed by atoms with van der Waals surface area (Å²) in [5.74, 6) is -3.60. The summed E-state index contributed by atoms with van der Waals surface area (Å²) in [5.41, 5.74) is 6.75. The maximum absolute atomic E-state index is 10.6. The fourth-order valence-corrected chi connectivity index (χ4v) is 8.59. The summed E-state index contributed by atoms with van der Waals surface area (Å²) >= 11 is 0. The van der Waals surface area contributed by atoms with Gasteiger partial charge in [0, 0.05) is 33.4 Å². The Balaban J connectivity index is 0.000000195. The zero-order chi connectivity index (χ0) is 49.4. The summed E-state index contributed by atoms with van der Waals surface area (Å²) in [6.07, 6.45) is 0. The molecule has 0 unspecified atom stereocenters. The molecular formula is C56H63N3O7S.